The lowest BCUT2D eigenvalue weighted by Crippen LogP contribution is -2.07. The molecule has 0 saturated carbocycles. The van der Waals surface area contributed by atoms with Crippen molar-refractivity contribution < 1.29 is 9.21 Å². The Morgan fingerprint density at radius 3 is 2.81 bits per heavy atom. The van der Waals surface area contributed by atoms with Gasteiger partial charge in [0, 0.05) is 12.4 Å². The number of hydrogen-bond donors (Lipinski definition) is 0. The fourth-order valence-corrected chi connectivity index (χ4v) is 2.73. The molecule has 21 heavy (non-hydrogen) atoms. The minimum atomic E-state index is -0.0984. The highest BCUT2D eigenvalue weighted by Gasteiger charge is 2.19. The monoisotopic (exact) mass is 302 g/mol. The summed E-state index contributed by atoms with van der Waals surface area (Å²) in [5, 5.41) is 5.82. The van der Waals surface area contributed by atoms with Crippen LogP contribution in [0.5, 0.6) is 0 Å². The first-order valence-corrected chi connectivity index (χ1v) is 7.20. The standard InChI is InChI=1S/C16H15ClN2O2/c1-3-11-16(17)12(19(2)18-11)9-13(20)15-8-10-6-4-5-7-14(10)21-15/h4-8H,3,9H2,1-2H3. The number of aromatic nitrogens is 2. The van der Waals surface area contributed by atoms with Gasteiger partial charge in [0.1, 0.15) is 5.58 Å². The third-order valence-electron chi connectivity index (χ3n) is 3.53. The predicted octanol–water partition coefficient (Wildman–Crippen LogP) is 3.81. The van der Waals surface area contributed by atoms with Gasteiger partial charge in [0.25, 0.3) is 0 Å². The van der Waals surface area contributed by atoms with Gasteiger partial charge in [0.15, 0.2) is 5.76 Å². The maximum absolute atomic E-state index is 12.4. The van der Waals surface area contributed by atoms with E-state index in [1.807, 2.05) is 31.2 Å². The lowest BCUT2D eigenvalue weighted by Gasteiger charge is -2.00. The summed E-state index contributed by atoms with van der Waals surface area (Å²) in [5.74, 6) is 0.255. The Balaban J connectivity index is 1.91. The van der Waals surface area contributed by atoms with Crippen LogP contribution in [0.3, 0.4) is 0 Å². The summed E-state index contributed by atoms with van der Waals surface area (Å²) in [6, 6.07) is 9.33. The molecule has 0 N–H and O–H groups in total. The summed E-state index contributed by atoms with van der Waals surface area (Å²) in [4.78, 5) is 12.4. The normalized spacial score (nSPS) is 11.2. The molecule has 0 fully saturated rings. The quantitative estimate of drug-likeness (QED) is 0.689. The maximum Gasteiger partial charge on any atom is 0.204 e. The number of ketones is 1. The molecule has 2 aromatic heterocycles. The maximum atomic E-state index is 12.4. The third kappa shape index (κ3) is 2.47. The highest BCUT2D eigenvalue weighted by molar-refractivity contribution is 6.32. The van der Waals surface area contributed by atoms with Crippen LogP contribution in [0.15, 0.2) is 34.7 Å². The van der Waals surface area contributed by atoms with E-state index >= 15 is 0 Å². The molecule has 0 spiro atoms. The van der Waals surface area contributed by atoms with E-state index in [0.717, 1.165) is 23.2 Å². The van der Waals surface area contributed by atoms with Gasteiger partial charge in [-0.15, -0.1) is 0 Å². The SMILES string of the molecule is CCc1nn(C)c(CC(=O)c2cc3ccccc3o2)c1Cl. The molecule has 0 atom stereocenters. The van der Waals surface area contributed by atoms with E-state index in [1.54, 1.807) is 17.8 Å². The van der Waals surface area contributed by atoms with Crippen LogP contribution < -0.4 is 0 Å². The Morgan fingerprint density at radius 2 is 2.14 bits per heavy atom. The van der Waals surface area contributed by atoms with E-state index in [9.17, 15) is 4.79 Å². The molecule has 108 valence electrons. The molecule has 3 rings (SSSR count). The van der Waals surface area contributed by atoms with E-state index in [0.29, 0.717) is 16.4 Å². The summed E-state index contributed by atoms with van der Waals surface area (Å²) in [6.45, 7) is 1.99. The van der Waals surface area contributed by atoms with Crippen LogP contribution in [0.4, 0.5) is 0 Å². The number of nitrogens with zero attached hydrogens (tertiary/aromatic N) is 2. The average Bonchev–Trinajstić information content (AvgIpc) is 3.03. The summed E-state index contributed by atoms with van der Waals surface area (Å²) >= 11 is 6.27. The van der Waals surface area contributed by atoms with Gasteiger partial charge in [-0.1, -0.05) is 36.7 Å². The second-order valence-electron chi connectivity index (χ2n) is 4.93. The molecule has 0 unspecified atom stereocenters. The fraction of sp³-hybridized carbons (Fsp3) is 0.250. The van der Waals surface area contributed by atoms with E-state index in [4.69, 9.17) is 16.0 Å². The predicted molar refractivity (Wildman–Crippen MR) is 81.8 cm³/mol. The zero-order chi connectivity index (χ0) is 15.0. The van der Waals surface area contributed by atoms with E-state index < -0.39 is 0 Å². The van der Waals surface area contributed by atoms with Crippen molar-refractivity contribution in [3.05, 3.63) is 52.5 Å². The van der Waals surface area contributed by atoms with Crippen LogP contribution in [0.2, 0.25) is 5.02 Å². The molecular formula is C16H15ClN2O2. The lowest BCUT2D eigenvalue weighted by molar-refractivity contribution is 0.0966. The van der Waals surface area contributed by atoms with E-state index in [1.165, 1.54) is 0 Å². The minimum Gasteiger partial charge on any atom is -0.453 e. The largest absolute Gasteiger partial charge is 0.453 e. The van der Waals surface area contributed by atoms with Crippen molar-refractivity contribution in [2.24, 2.45) is 7.05 Å². The number of benzene rings is 1. The molecule has 4 nitrogen and oxygen atoms in total. The highest BCUT2D eigenvalue weighted by atomic mass is 35.5. The van der Waals surface area contributed by atoms with Gasteiger partial charge in [-0.2, -0.15) is 5.10 Å². The van der Waals surface area contributed by atoms with E-state index in [-0.39, 0.29) is 12.2 Å². The molecular weight excluding hydrogens is 288 g/mol. The zero-order valence-corrected chi connectivity index (χ0v) is 12.6. The number of hydrogen-bond acceptors (Lipinski definition) is 3. The fourth-order valence-electron chi connectivity index (χ4n) is 2.37. The molecule has 0 aliphatic rings. The molecule has 3 aromatic rings. The number of furan rings is 1. The number of aryl methyl sites for hydroxylation is 2. The van der Waals surface area contributed by atoms with Gasteiger partial charge in [-0.3, -0.25) is 9.48 Å². The van der Waals surface area contributed by atoms with Crippen LogP contribution >= 0.6 is 11.6 Å². The number of rotatable bonds is 4. The Labute approximate surface area is 127 Å². The summed E-state index contributed by atoms with van der Waals surface area (Å²) in [7, 11) is 1.80. The Hall–Kier alpha value is -2.07. The summed E-state index contributed by atoms with van der Waals surface area (Å²) in [5.41, 5.74) is 2.25. The molecule has 5 heteroatoms. The second-order valence-corrected chi connectivity index (χ2v) is 5.31. The minimum absolute atomic E-state index is 0.0984. The number of Topliss-reactive ketones (excluding diaryl/α,β-unsaturated/α-hetero) is 1. The van der Waals surface area contributed by atoms with Crippen LogP contribution in [-0.2, 0) is 19.9 Å². The highest BCUT2D eigenvalue weighted by Crippen LogP contribution is 2.24. The van der Waals surface area contributed by atoms with Crippen molar-refractivity contribution in [2.45, 2.75) is 19.8 Å². The number of carbonyl (C=O) groups excluding carboxylic acids is 1. The second kappa shape index (κ2) is 5.37. The number of fused-ring (bicyclic) bond motifs is 1. The number of carbonyl (C=O) groups is 1. The van der Waals surface area contributed by atoms with Gasteiger partial charge < -0.3 is 4.42 Å². The number of para-hydroxylation sites is 1. The topological polar surface area (TPSA) is 48.0 Å². The first kappa shape index (κ1) is 13.9. The average molecular weight is 303 g/mol. The molecule has 0 radical (unpaired) electrons. The van der Waals surface area contributed by atoms with Crippen LogP contribution in [0.1, 0.15) is 28.9 Å². The molecule has 0 aliphatic heterocycles. The molecule has 1 aromatic carbocycles. The molecule has 0 bridgehead atoms. The van der Waals surface area contributed by atoms with Gasteiger partial charge in [-0.25, -0.2) is 0 Å². The van der Waals surface area contributed by atoms with Crippen molar-refractivity contribution in [3.63, 3.8) is 0 Å². The first-order valence-electron chi connectivity index (χ1n) is 6.82. The molecule has 2 heterocycles. The third-order valence-corrected chi connectivity index (χ3v) is 3.97. The lowest BCUT2D eigenvalue weighted by atomic mass is 10.1. The van der Waals surface area contributed by atoms with Crippen LogP contribution in [-0.4, -0.2) is 15.6 Å². The molecule has 0 amide bonds. The Bertz CT molecular complexity index is 784. The Kier molecular flexibility index (Phi) is 3.55. The van der Waals surface area contributed by atoms with Crippen LogP contribution in [0.25, 0.3) is 11.0 Å². The van der Waals surface area contributed by atoms with Crippen molar-refractivity contribution in [3.8, 4) is 0 Å². The van der Waals surface area contributed by atoms with E-state index in [2.05, 4.69) is 5.10 Å². The van der Waals surface area contributed by atoms with Gasteiger partial charge in [-0.05, 0) is 18.6 Å². The van der Waals surface area contributed by atoms with Gasteiger partial charge in [0.2, 0.25) is 5.78 Å². The summed E-state index contributed by atoms with van der Waals surface area (Å²) in [6.07, 6.45) is 0.924. The Morgan fingerprint density at radius 1 is 1.38 bits per heavy atom. The number of halogens is 1. The molecule has 0 saturated heterocycles. The van der Waals surface area contributed by atoms with Crippen molar-refractivity contribution in [1.82, 2.24) is 9.78 Å². The first-order chi connectivity index (χ1) is 10.1. The van der Waals surface area contributed by atoms with Crippen molar-refractivity contribution >= 4 is 28.4 Å². The summed E-state index contributed by atoms with van der Waals surface area (Å²) < 4.78 is 7.26. The van der Waals surface area contributed by atoms with Gasteiger partial charge in [0.05, 0.1) is 22.8 Å². The van der Waals surface area contributed by atoms with Crippen molar-refractivity contribution in [1.29, 1.82) is 0 Å². The zero-order valence-electron chi connectivity index (χ0n) is 11.9. The van der Waals surface area contributed by atoms with Gasteiger partial charge >= 0.3 is 0 Å². The van der Waals surface area contributed by atoms with Crippen molar-refractivity contribution in [2.75, 3.05) is 0 Å². The smallest absolute Gasteiger partial charge is 0.204 e. The van der Waals surface area contributed by atoms with Crippen LogP contribution in [0, 0.1) is 0 Å². The molecule has 0 aliphatic carbocycles.